The number of nitrogens with zero attached hydrogens (tertiary/aromatic N) is 1. The molecule has 0 radical (unpaired) electrons. The number of benzene rings is 2. The van der Waals surface area contributed by atoms with E-state index < -0.39 is 11.6 Å². The van der Waals surface area contributed by atoms with Gasteiger partial charge >= 0.3 is 0 Å². The van der Waals surface area contributed by atoms with Crippen LogP contribution in [-0.4, -0.2) is 48.1 Å². The highest BCUT2D eigenvalue weighted by molar-refractivity contribution is 6.00. The van der Waals surface area contributed by atoms with E-state index in [2.05, 4.69) is 39.9 Å². The van der Waals surface area contributed by atoms with Crippen molar-refractivity contribution >= 4 is 11.8 Å². The molecule has 0 saturated carbocycles. The second-order valence-corrected chi connectivity index (χ2v) is 9.37. The van der Waals surface area contributed by atoms with Crippen molar-refractivity contribution in [3.05, 3.63) is 70.3 Å². The lowest BCUT2D eigenvalue weighted by Crippen LogP contribution is -2.33. The van der Waals surface area contributed by atoms with Crippen LogP contribution < -0.4 is 5.32 Å². The van der Waals surface area contributed by atoms with Gasteiger partial charge in [0.05, 0.1) is 0 Å². The van der Waals surface area contributed by atoms with Gasteiger partial charge in [-0.05, 0) is 81.0 Å². The summed E-state index contributed by atoms with van der Waals surface area (Å²) in [5.41, 5.74) is 2.71. The fourth-order valence-corrected chi connectivity index (χ4v) is 3.25. The van der Waals surface area contributed by atoms with Crippen molar-refractivity contribution in [1.29, 1.82) is 0 Å². The zero-order valence-electron chi connectivity index (χ0n) is 25.5. The number of rotatable bonds is 10. The Morgan fingerprint density at radius 2 is 1.21 bits per heavy atom. The lowest BCUT2D eigenvalue weighted by molar-refractivity contribution is 0.0755. The van der Waals surface area contributed by atoms with Crippen LogP contribution in [0.4, 0.5) is 8.78 Å². The first-order valence-corrected chi connectivity index (χ1v) is 14.3. The van der Waals surface area contributed by atoms with Crippen LogP contribution in [0.5, 0.6) is 0 Å². The summed E-state index contributed by atoms with van der Waals surface area (Å²) in [5.74, 6) is -1.13. The van der Waals surface area contributed by atoms with Crippen LogP contribution in [0.25, 0.3) is 0 Å². The van der Waals surface area contributed by atoms with Gasteiger partial charge < -0.3 is 15.3 Å². The molecule has 0 spiro atoms. The van der Waals surface area contributed by atoms with Crippen molar-refractivity contribution in [3.63, 3.8) is 0 Å². The number of carbonyl (C=O) groups excluding carboxylic acids is 2. The molecule has 2 amide bonds. The Bertz CT molecular complexity index is 877. The highest BCUT2D eigenvalue weighted by Gasteiger charge is 2.17. The zero-order valence-corrected chi connectivity index (χ0v) is 25.5. The standard InChI is InChI=1S/C19H30N2O2.C7H6F2.C3H8O.C3H8/c1-5-8-9-20-18(22)16-12-15(4)13-17(14-16)19(23)21(10-6-2)11-7-3;1-5-2-6(8)4-7(9)3-5;1-2-3-4;1-3-2/h12-14H,5-11H2,1-4H3,(H,20,22);2-4H,1H3;4H,2-3H2,1H3;3H2,1-2H3. The Morgan fingerprint density at radius 3 is 1.62 bits per heavy atom. The number of aliphatic hydroxyl groups excluding tert-OH is 1. The summed E-state index contributed by atoms with van der Waals surface area (Å²) >= 11 is 0. The normalized spacial score (nSPS) is 9.62. The first-order valence-electron chi connectivity index (χ1n) is 14.3. The highest BCUT2D eigenvalue weighted by Crippen LogP contribution is 2.13. The van der Waals surface area contributed by atoms with Crippen LogP contribution in [0.3, 0.4) is 0 Å². The number of hydrogen-bond acceptors (Lipinski definition) is 3. The summed E-state index contributed by atoms with van der Waals surface area (Å²) in [5, 5.41) is 10.8. The van der Waals surface area contributed by atoms with Crippen molar-refractivity contribution in [2.75, 3.05) is 26.2 Å². The van der Waals surface area contributed by atoms with E-state index in [9.17, 15) is 18.4 Å². The third kappa shape index (κ3) is 19.0. The molecule has 0 fully saturated rings. The average molecular weight is 551 g/mol. The first-order chi connectivity index (χ1) is 18.5. The van der Waals surface area contributed by atoms with Crippen LogP contribution in [0.15, 0.2) is 36.4 Å². The third-order valence-corrected chi connectivity index (χ3v) is 4.91. The summed E-state index contributed by atoms with van der Waals surface area (Å²) < 4.78 is 24.4. The maximum atomic E-state index is 12.7. The number of nitrogens with one attached hydrogen (secondary N) is 1. The minimum Gasteiger partial charge on any atom is -0.396 e. The van der Waals surface area contributed by atoms with E-state index in [1.807, 2.05) is 30.9 Å². The molecular formula is C32H52F2N2O3. The van der Waals surface area contributed by atoms with Gasteiger partial charge in [0.25, 0.3) is 11.8 Å². The lowest BCUT2D eigenvalue weighted by Gasteiger charge is -2.22. The van der Waals surface area contributed by atoms with E-state index in [-0.39, 0.29) is 11.8 Å². The van der Waals surface area contributed by atoms with Crippen LogP contribution in [0, 0.1) is 25.5 Å². The Labute approximate surface area is 236 Å². The van der Waals surface area contributed by atoms with E-state index in [1.54, 1.807) is 13.0 Å². The minimum absolute atomic E-state index is 0.0139. The number of carbonyl (C=O) groups is 2. The number of hydrogen-bond donors (Lipinski definition) is 2. The van der Waals surface area contributed by atoms with Crippen LogP contribution >= 0.6 is 0 Å². The molecule has 0 aromatic heterocycles. The molecule has 0 bridgehead atoms. The summed E-state index contributed by atoms with van der Waals surface area (Å²) in [7, 11) is 0. The van der Waals surface area contributed by atoms with Gasteiger partial charge in [-0.2, -0.15) is 0 Å². The second kappa shape index (κ2) is 24.3. The van der Waals surface area contributed by atoms with E-state index in [1.165, 1.54) is 18.6 Å². The molecule has 0 aliphatic rings. The predicted octanol–water partition coefficient (Wildman–Crippen LogP) is 7.87. The fourth-order valence-electron chi connectivity index (χ4n) is 3.25. The number of unbranched alkanes of at least 4 members (excludes halogenated alkanes) is 1. The molecule has 2 aromatic carbocycles. The van der Waals surface area contributed by atoms with Crippen molar-refractivity contribution in [2.24, 2.45) is 0 Å². The Kier molecular flexibility index (Phi) is 23.8. The quantitative estimate of drug-likeness (QED) is 0.296. The minimum atomic E-state index is -0.521. The van der Waals surface area contributed by atoms with E-state index in [4.69, 9.17) is 5.11 Å². The summed E-state index contributed by atoms with van der Waals surface area (Å²) in [6.07, 6.45) is 5.99. The molecular weight excluding hydrogens is 498 g/mol. The molecule has 0 atom stereocenters. The van der Waals surface area contributed by atoms with Crippen molar-refractivity contribution in [2.45, 2.75) is 93.9 Å². The monoisotopic (exact) mass is 550 g/mol. The van der Waals surface area contributed by atoms with Gasteiger partial charge in [-0.1, -0.05) is 54.4 Å². The Hall–Kier alpha value is -2.80. The van der Waals surface area contributed by atoms with Gasteiger partial charge in [0, 0.05) is 43.4 Å². The molecule has 0 aliphatic heterocycles. The van der Waals surface area contributed by atoms with Gasteiger partial charge in [0.2, 0.25) is 0 Å². The van der Waals surface area contributed by atoms with Gasteiger partial charge in [0.15, 0.2) is 0 Å². The summed E-state index contributed by atoms with van der Waals surface area (Å²) in [6, 6.07) is 8.83. The molecule has 0 saturated heterocycles. The van der Waals surface area contributed by atoms with Gasteiger partial charge in [-0.15, -0.1) is 0 Å². The smallest absolute Gasteiger partial charge is 0.253 e. The first kappa shape index (κ1) is 38.3. The zero-order chi connectivity index (χ0) is 30.2. The molecule has 0 heterocycles. The molecule has 2 aromatic rings. The largest absolute Gasteiger partial charge is 0.396 e. The van der Waals surface area contributed by atoms with Crippen LogP contribution in [0.1, 0.15) is 112 Å². The molecule has 0 aliphatic carbocycles. The number of amides is 2. The number of halogens is 2. The SMILES string of the molecule is CCC.CCCCNC(=O)c1cc(C)cc(C(=O)N(CCC)CCC)c1.CCCO.Cc1cc(F)cc(F)c1. The third-order valence-electron chi connectivity index (χ3n) is 4.91. The molecule has 39 heavy (non-hydrogen) atoms. The predicted molar refractivity (Wildman–Crippen MR) is 159 cm³/mol. The van der Waals surface area contributed by atoms with E-state index >= 15 is 0 Å². The van der Waals surface area contributed by atoms with Crippen molar-refractivity contribution in [1.82, 2.24) is 10.2 Å². The van der Waals surface area contributed by atoms with Gasteiger partial charge in [-0.25, -0.2) is 8.78 Å². The maximum absolute atomic E-state index is 12.7. The molecule has 7 heteroatoms. The summed E-state index contributed by atoms with van der Waals surface area (Å²) in [6.45, 7) is 18.5. The van der Waals surface area contributed by atoms with Crippen molar-refractivity contribution in [3.8, 4) is 0 Å². The Morgan fingerprint density at radius 1 is 0.744 bits per heavy atom. The van der Waals surface area contributed by atoms with Crippen LogP contribution in [-0.2, 0) is 0 Å². The van der Waals surface area contributed by atoms with Crippen LogP contribution in [0.2, 0.25) is 0 Å². The lowest BCUT2D eigenvalue weighted by atomic mass is 10.0. The molecule has 5 nitrogen and oxygen atoms in total. The topological polar surface area (TPSA) is 69.6 Å². The summed E-state index contributed by atoms with van der Waals surface area (Å²) in [4.78, 5) is 26.8. The highest BCUT2D eigenvalue weighted by atomic mass is 19.1. The average Bonchev–Trinajstić information content (AvgIpc) is 2.88. The molecule has 0 unspecified atom stereocenters. The number of aliphatic hydroxyl groups is 1. The van der Waals surface area contributed by atoms with Gasteiger partial charge in [-0.3, -0.25) is 9.59 Å². The second-order valence-electron chi connectivity index (χ2n) is 9.37. The fraction of sp³-hybridized carbons (Fsp3) is 0.562. The van der Waals surface area contributed by atoms with Gasteiger partial charge in [0.1, 0.15) is 11.6 Å². The van der Waals surface area contributed by atoms with Crippen molar-refractivity contribution < 1.29 is 23.5 Å². The maximum Gasteiger partial charge on any atom is 0.253 e. The molecule has 2 rings (SSSR count). The van der Waals surface area contributed by atoms with E-state index in [0.717, 1.165) is 56.8 Å². The Balaban J connectivity index is 0. The molecule has 2 N–H and O–H groups in total. The molecule has 222 valence electrons. The van der Waals surface area contributed by atoms with E-state index in [0.29, 0.717) is 29.8 Å². The number of aryl methyl sites for hydroxylation is 2.